The van der Waals surface area contributed by atoms with Crippen LogP contribution in [0.1, 0.15) is 29.3 Å². The Bertz CT molecular complexity index is 519. The molecule has 1 aromatic carbocycles. The molecule has 0 radical (unpaired) electrons. The van der Waals surface area contributed by atoms with Crippen LogP contribution in [0.4, 0.5) is 5.69 Å². The van der Waals surface area contributed by atoms with Crippen molar-refractivity contribution in [2.24, 2.45) is 0 Å². The van der Waals surface area contributed by atoms with E-state index in [1.807, 2.05) is 23.1 Å². The molecule has 0 aliphatic carbocycles. The van der Waals surface area contributed by atoms with E-state index in [1.54, 1.807) is 0 Å². The van der Waals surface area contributed by atoms with E-state index in [0.29, 0.717) is 0 Å². The Balaban J connectivity index is 1.80. The van der Waals surface area contributed by atoms with Crippen LogP contribution in [0.3, 0.4) is 0 Å². The zero-order chi connectivity index (χ0) is 12.5. The lowest BCUT2D eigenvalue weighted by atomic mass is 10.1. The van der Waals surface area contributed by atoms with Crippen molar-refractivity contribution >= 4 is 11.6 Å². The second-order valence-electron chi connectivity index (χ2n) is 5.10. The molecule has 3 nitrogen and oxygen atoms in total. The molecule has 1 amide bonds. The molecule has 1 aromatic rings. The zero-order valence-electron chi connectivity index (χ0n) is 10.7. The van der Waals surface area contributed by atoms with E-state index in [9.17, 15) is 4.79 Å². The Labute approximate surface area is 107 Å². The number of nitrogens with one attached hydrogen (secondary N) is 1. The Morgan fingerprint density at radius 1 is 1.33 bits per heavy atom. The van der Waals surface area contributed by atoms with E-state index in [2.05, 4.69) is 18.3 Å². The molecule has 3 rings (SSSR count). The lowest BCUT2D eigenvalue weighted by Gasteiger charge is -2.25. The summed E-state index contributed by atoms with van der Waals surface area (Å²) in [5.74, 6) is 0.161. The Morgan fingerprint density at radius 2 is 2.22 bits per heavy atom. The molecule has 0 unspecified atom stereocenters. The van der Waals surface area contributed by atoms with Crippen molar-refractivity contribution in [2.75, 3.05) is 25.0 Å². The highest BCUT2D eigenvalue weighted by Gasteiger charge is 2.19. The Hall–Kier alpha value is -1.77. The molecule has 18 heavy (non-hydrogen) atoms. The van der Waals surface area contributed by atoms with Gasteiger partial charge in [0.05, 0.1) is 0 Å². The van der Waals surface area contributed by atoms with Gasteiger partial charge in [-0.15, -0.1) is 0 Å². The molecule has 0 atom stereocenters. The van der Waals surface area contributed by atoms with Crippen molar-refractivity contribution in [2.45, 2.75) is 19.8 Å². The van der Waals surface area contributed by atoms with E-state index in [4.69, 9.17) is 0 Å². The largest absolute Gasteiger partial charge is 0.384 e. The SMILES string of the molecule is CC1=CCN(C(=O)c2ccc3c(c2)CCN3)CC1. The maximum Gasteiger partial charge on any atom is 0.254 e. The highest BCUT2D eigenvalue weighted by molar-refractivity contribution is 5.95. The molecule has 0 fully saturated rings. The summed E-state index contributed by atoms with van der Waals surface area (Å²) in [5.41, 5.74) is 4.66. The summed E-state index contributed by atoms with van der Waals surface area (Å²) in [7, 11) is 0. The summed E-state index contributed by atoms with van der Waals surface area (Å²) in [6.45, 7) is 4.71. The highest BCUT2D eigenvalue weighted by atomic mass is 16.2. The van der Waals surface area contributed by atoms with Crippen LogP contribution in [0.2, 0.25) is 0 Å². The molecule has 0 spiro atoms. The molecular formula is C15H18N2O. The van der Waals surface area contributed by atoms with E-state index in [1.165, 1.54) is 16.8 Å². The number of rotatable bonds is 1. The third-order valence-corrected chi connectivity index (χ3v) is 3.79. The maximum absolute atomic E-state index is 12.4. The topological polar surface area (TPSA) is 32.3 Å². The second-order valence-corrected chi connectivity index (χ2v) is 5.10. The molecule has 0 saturated heterocycles. The first-order valence-electron chi connectivity index (χ1n) is 6.56. The average molecular weight is 242 g/mol. The normalized spacial score (nSPS) is 18.1. The van der Waals surface area contributed by atoms with Gasteiger partial charge in [0.15, 0.2) is 0 Å². The minimum absolute atomic E-state index is 0.161. The first-order chi connectivity index (χ1) is 8.74. The molecule has 0 aromatic heterocycles. The quantitative estimate of drug-likeness (QED) is 0.767. The van der Waals surface area contributed by atoms with Crippen molar-refractivity contribution in [1.29, 1.82) is 0 Å². The molecule has 0 bridgehead atoms. The smallest absolute Gasteiger partial charge is 0.254 e. The third-order valence-electron chi connectivity index (χ3n) is 3.79. The minimum atomic E-state index is 0.161. The van der Waals surface area contributed by atoms with Crippen molar-refractivity contribution in [3.8, 4) is 0 Å². The summed E-state index contributed by atoms with van der Waals surface area (Å²) in [6.07, 6.45) is 4.17. The molecule has 0 saturated carbocycles. The molecule has 2 aliphatic rings. The van der Waals surface area contributed by atoms with Gasteiger partial charge in [0.25, 0.3) is 5.91 Å². The molecule has 3 heteroatoms. The van der Waals surface area contributed by atoms with E-state index >= 15 is 0 Å². The fourth-order valence-corrected chi connectivity index (χ4v) is 2.58. The van der Waals surface area contributed by atoms with E-state index in [0.717, 1.165) is 38.0 Å². The predicted molar refractivity (Wildman–Crippen MR) is 72.9 cm³/mol. The summed E-state index contributed by atoms with van der Waals surface area (Å²) in [6, 6.07) is 6.01. The number of amides is 1. The van der Waals surface area contributed by atoms with Gasteiger partial charge >= 0.3 is 0 Å². The van der Waals surface area contributed by atoms with Gasteiger partial charge in [0.2, 0.25) is 0 Å². The van der Waals surface area contributed by atoms with Crippen LogP contribution in [-0.2, 0) is 6.42 Å². The average Bonchev–Trinajstić information content (AvgIpc) is 2.86. The minimum Gasteiger partial charge on any atom is -0.384 e. The Morgan fingerprint density at radius 3 is 3.00 bits per heavy atom. The fraction of sp³-hybridized carbons (Fsp3) is 0.400. The van der Waals surface area contributed by atoms with Gasteiger partial charge in [-0.2, -0.15) is 0 Å². The number of nitrogens with zero attached hydrogens (tertiary/aromatic N) is 1. The fourth-order valence-electron chi connectivity index (χ4n) is 2.58. The standard InChI is InChI=1S/C15H18N2O/c1-11-5-8-17(9-6-11)15(18)13-2-3-14-12(10-13)4-7-16-14/h2-3,5,10,16H,4,6-9H2,1H3. The van der Waals surface area contributed by atoms with Crippen LogP contribution in [0.15, 0.2) is 29.8 Å². The molecule has 1 N–H and O–H groups in total. The second kappa shape index (κ2) is 4.48. The van der Waals surface area contributed by atoms with Gasteiger partial charge in [-0.05, 0) is 43.5 Å². The number of hydrogen-bond acceptors (Lipinski definition) is 2. The summed E-state index contributed by atoms with van der Waals surface area (Å²) >= 11 is 0. The van der Waals surface area contributed by atoms with Crippen LogP contribution >= 0.6 is 0 Å². The third kappa shape index (κ3) is 2.01. The Kier molecular flexibility index (Phi) is 2.82. The number of benzene rings is 1. The number of fused-ring (bicyclic) bond motifs is 1. The summed E-state index contributed by atoms with van der Waals surface area (Å²) in [4.78, 5) is 14.3. The highest BCUT2D eigenvalue weighted by Crippen LogP contribution is 2.24. The first kappa shape index (κ1) is 11.3. The van der Waals surface area contributed by atoms with Crippen LogP contribution in [0.5, 0.6) is 0 Å². The maximum atomic E-state index is 12.4. The number of carbonyl (C=O) groups excluding carboxylic acids is 1. The monoisotopic (exact) mass is 242 g/mol. The molecule has 2 aliphatic heterocycles. The molecular weight excluding hydrogens is 224 g/mol. The molecule has 2 heterocycles. The van der Waals surface area contributed by atoms with E-state index < -0.39 is 0 Å². The lowest BCUT2D eigenvalue weighted by Crippen LogP contribution is -2.34. The van der Waals surface area contributed by atoms with Gasteiger partial charge in [0, 0.05) is 30.9 Å². The van der Waals surface area contributed by atoms with Crippen molar-refractivity contribution in [3.05, 3.63) is 41.0 Å². The number of hydrogen-bond donors (Lipinski definition) is 1. The van der Waals surface area contributed by atoms with Gasteiger partial charge in [-0.3, -0.25) is 4.79 Å². The van der Waals surface area contributed by atoms with Gasteiger partial charge in [-0.25, -0.2) is 0 Å². The van der Waals surface area contributed by atoms with Crippen molar-refractivity contribution < 1.29 is 4.79 Å². The van der Waals surface area contributed by atoms with Crippen molar-refractivity contribution in [3.63, 3.8) is 0 Å². The summed E-state index contributed by atoms with van der Waals surface area (Å²) < 4.78 is 0. The number of carbonyl (C=O) groups is 1. The van der Waals surface area contributed by atoms with Crippen LogP contribution in [0.25, 0.3) is 0 Å². The van der Waals surface area contributed by atoms with Gasteiger partial charge < -0.3 is 10.2 Å². The van der Waals surface area contributed by atoms with Crippen LogP contribution < -0.4 is 5.32 Å². The first-order valence-corrected chi connectivity index (χ1v) is 6.56. The number of anilines is 1. The molecule has 94 valence electrons. The van der Waals surface area contributed by atoms with Gasteiger partial charge in [-0.1, -0.05) is 11.6 Å². The predicted octanol–water partition coefficient (Wildman–Crippen LogP) is 2.45. The van der Waals surface area contributed by atoms with Crippen LogP contribution in [0, 0.1) is 0 Å². The zero-order valence-corrected chi connectivity index (χ0v) is 10.7. The van der Waals surface area contributed by atoms with Crippen molar-refractivity contribution in [1.82, 2.24) is 4.90 Å². The van der Waals surface area contributed by atoms with E-state index in [-0.39, 0.29) is 5.91 Å². The van der Waals surface area contributed by atoms with Crippen LogP contribution in [-0.4, -0.2) is 30.4 Å². The summed E-state index contributed by atoms with van der Waals surface area (Å²) in [5, 5.41) is 3.32. The van der Waals surface area contributed by atoms with Gasteiger partial charge in [0.1, 0.15) is 0 Å². The lowest BCUT2D eigenvalue weighted by molar-refractivity contribution is 0.0769.